The van der Waals surface area contributed by atoms with E-state index in [4.69, 9.17) is 4.98 Å². The summed E-state index contributed by atoms with van der Waals surface area (Å²) in [5.74, 6) is 0.643. The van der Waals surface area contributed by atoms with Crippen LogP contribution in [-0.4, -0.2) is 18.1 Å². The zero-order chi connectivity index (χ0) is 12.9. The minimum absolute atomic E-state index is 0.643. The second kappa shape index (κ2) is 6.31. The molecule has 1 aromatic carbocycles. The van der Waals surface area contributed by atoms with E-state index in [1.807, 2.05) is 11.3 Å². The number of nitrogens with zero attached hydrogens (tertiary/aromatic N) is 1. The third-order valence-corrected chi connectivity index (χ3v) is 4.78. The van der Waals surface area contributed by atoms with E-state index in [0.29, 0.717) is 5.92 Å². The standard InChI is InChI=1S/C16H20N2S/c1-2-5-13(6-3-1)8-9-15-12-19-16(18-15)14-7-4-10-17-11-14/h1-3,5-6,12,14,17H,4,7-11H2. The van der Waals surface area contributed by atoms with Crippen LogP contribution in [0.15, 0.2) is 35.7 Å². The first-order valence-corrected chi connectivity index (χ1v) is 7.99. The fraction of sp³-hybridized carbons (Fsp3) is 0.438. The van der Waals surface area contributed by atoms with Crippen molar-refractivity contribution in [2.24, 2.45) is 0 Å². The van der Waals surface area contributed by atoms with Gasteiger partial charge in [-0.05, 0) is 37.8 Å². The van der Waals surface area contributed by atoms with E-state index in [2.05, 4.69) is 41.0 Å². The Balaban J connectivity index is 1.58. The molecular weight excluding hydrogens is 252 g/mol. The Hall–Kier alpha value is -1.19. The smallest absolute Gasteiger partial charge is 0.0971 e. The van der Waals surface area contributed by atoms with Crippen LogP contribution in [0.3, 0.4) is 0 Å². The first kappa shape index (κ1) is 12.8. The monoisotopic (exact) mass is 272 g/mol. The molecule has 2 heterocycles. The molecular formula is C16H20N2S. The molecule has 0 saturated carbocycles. The molecule has 100 valence electrons. The van der Waals surface area contributed by atoms with Gasteiger partial charge in [0.15, 0.2) is 0 Å². The number of hydrogen-bond acceptors (Lipinski definition) is 3. The summed E-state index contributed by atoms with van der Waals surface area (Å²) in [6.07, 6.45) is 4.72. The molecule has 19 heavy (non-hydrogen) atoms. The Bertz CT molecular complexity index is 500. The molecule has 1 aliphatic rings. The lowest BCUT2D eigenvalue weighted by atomic mass is 10.0. The number of rotatable bonds is 4. The van der Waals surface area contributed by atoms with Crippen LogP contribution in [0.4, 0.5) is 0 Å². The predicted molar refractivity (Wildman–Crippen MR) is 80.8 cm³/mol. The molecule has 3 heteroatoms. The van der Waals surface area contributed by atoms with Crippen molar-refractivity contribution in [1.29, 1.82) is 0 Å². The van der Waals surface area contributed by atoms with Crippen LogP contribution in [0.1, 0.15) is 35.0 Å². The Morgan fingerprint density at radius 2 is 2.11 bits per heavy atom. The third kappa shape index (κ3) is 3.43. The third-order valence-electron chi connectivity index (χ3n) is 3.73. The van der Waals surface area contributed by atoms with Crippen molar-refractivity contribution in [1.82, 2.24) is 10.3 Å². The van der Waals surface area contributed by atoms with E-state index in [1.54, 1.807) is 0 Å². The highest BCUT2D eigenvalue weighted by molar-refractivity contribution is 7.09. The van der Waals surface area contributed by atoms with Gasteiger partial charge < -0.3 is 5.32 Å². The largest absolute Gasteiger partial charge is 0.316 e. The fourth-order valence-electron chi connectivity index (χ4n) is 2.60. The van der Waals surface area contributed by atoms with Crippen molar-refractivity contribution in [2.75, 3.05) is 13.1 Å². The molecule has 0 radical (unpaired) electrons. The van der Waals surface area contributed by atoms with E-state index in [-0.39, 0.29) is 0 Å². The maximum absolute atomic E-state index is 4.83. The van der Waals surface area contributed by atoms with Crippen molar-refractivity contribution in [2.45, 2.75) is 31.6 Å². The maximum Gasteiger partial charge on any atom is 0.0971 e. The lowest BCUT2D eigenvalue weighted by Gasteiger charge is -2.20. The Labute approximate surface area is 118 Å². The molecule has 1 aromatic heterocycles. The van der Waals surface area contributed by atoms with E-state index in [1.165, 1.54) is 35.7 Å². The molecule has 1 aliphatic heterocycles. The molecule has 1 saturated heterocycles. The lowest BCUT2D eigenvalue weighted by molar-refractivity contribution is 0.460. The van der Waals surface area contributed by atoms with Crippen molar-refractivity contribution in [3.63, 3.8) is 0 Å². The van der Waals surface area contributed by atoms with Crippen molar-refractivity contribution in [3.8, 4) is 0 Å². The number of thiazole rings is 1. The average Bonchev–Trinajstić information content (AvgIpc) is 2.96. The highest BCUT2D eigenvalue weighted by Crippen LogP contribution is 2.26. The van der Waals surface area contributed by atoms with Gasteiger partial charge in [0, 0.05) is 17.8 Å². The van der Waals surface area contributed by atoms with Gasteiger partial charge in [-0.1, -0.05) is 30.3 Å². The minimum atomic E-state index is 0.643. The fourth-order valence-corrected chi connectivity index (χ4v) is 3.60. The summed E-state index contributed by atoms with van der Waals surface area (Å²) in [5, 5.41) is 7.04. The van der Waals surface area contributed by atoms with Crippen molar-refractivity contribution >= 4 is 11.3 Å². The number of aryl methyl sites for hydroxylation is 2. The van der Waals surface area contributed by atoms with Gasteiger partial charge in [-0.2, -0.15) is 0 Å². The zero-order valence-electron chi connectivity index (χ0n) is 11.1. The van der Waals surface area contributed by atoms with Crippen LogP contribution in [0.25, 0.3) is 0 Å². The number of nitrogens with one attached hydrogen (secondary N) is 1. The van der Waals surface area contributed by atoms with E-state index in [9.17, 15) is 0 Å². The summed E-state index contributed by atoms with van der Waals surface area (Å²) < 4.78 is 0. The minimum Gasteiger partial charge on any atom is -0.316 e. The van der Waals surface area contributed by atoms with Crippen LogP contribution in [0, 0.1) is 0 Å². The van der Waals surface area contributed by atoms with Gasteiger partial charge in [-0.15, -0.1) is 11.3 Å². The van der Waals surface area contributed by atoms with Crippen LogP contribution in [0.2, 0.25) is 0 Å². The van der Waals surface area contributed by atoms with Gasteiger partial charge in [-0.25, -0.2) is 4.98 Å². The Morgan fingerprint density at radius 3 is 2.89 bits per heavy atom. The lowest BCUT2D eigenvalue weighted by Crippen LogP contribution is -2.28. The predicted octanol–water partition coefficient (Wildman–Crippen LogP) is 3.40. The summed E-state index contributed by atoms with van der Waals surface area (Å²) in [6.45, 7) is 2.27. The van der Waals surface area contributed by atoms with E-state index < -0.39 is 0 Å². The molecule has 1 fully saturated rings. The molecule has 3 rings (SSSR count). The van der Waals surface area contributed by atoms with Gasteiger partial charge in [0.05, 0.1) is 10.7 Å². The Morgan fingerprint density at radius 1 is 1.21 bits per heavy atom. The quantitative estimate of drug-likeness (QED) is 0.923. The molecule has 1 atom stereocenters. The average molecular weight is 272 g/mol. The second-order valence-corrected chi connectivity index (χ2v) is 6.10. The van der Waals surface area contributed by atoms with Crippen LogP contribution in [0.5, 0.6) is 0 Å². The van der Waals surface area contributed by atoms with Gasteiger partial charge in [0.25, 0.3) is 0 Å². The highest BCUT2D eigenvalue weighted by Gasteiger charge is 2.18. The molecule has 1 N–H and O–H groups in total. The number of aromatic nitrogens is 1. The van der Waals surface area contributed by atoms with Crippen LogP contribution >= 0.6 is 11.3 Å². The number of hydrogen-bond donors (Lipinski definition) is 1. The zero-order valence-corrected chi connectivity index (χ0v) is 12.0. The summed E-state index contributed by atoms with van der Waals surface area (Å²) in [7, 11) is 0. The molecule has 1 unspecified atom stereocenters. The Kier molecular flexibility index (Phi) is 4.26. The summed E-state index contributed by atoms with van der Waals surface area (Å²) in [5.41, 5.74) is 2.66. The summed E-state index contributed by atoms with van der Waals surface area (Å²) >= 11 is 1.84. The molecule has 0 bridgehead atoms. The highest BCUT2D eigenvalue weighted by atomic mass is 32.1. The van der Waals surface area contributed by atoms with E-state index >= 15 is 0 Å². The number of benzene rings is 1. The second-order valence-electron chi connectivity index (χ2n) is 5.21. The molecule has 0 amide bonds. The van der Waals surface area contributed by atoms with Gasteiger partial charge in [0.2, 0.25) is 0 Å². The number of piperidine rings is 1. The van der Waals surface area contributed by atoms with E-state index in [0.717, 1.165) is 19.4 Å². The van der Waals surface area contributed by atoms with Crippen molar-refractivity contribution < 1.29 is 0 Å². The topological polar surface area (TPSA) is 24.9 Å². The normalized spacial score (nSPS) is 19.5. The first-order chi connectivity index (χ1) is 9.42. The summed E-state index contributed by atoms with van der Waals surface area (Å²) in [4.78, 5) is 4.83. The molecule has 2 aromatic rings. The molecule has 0 spiro atoms. The molecule has 0 aliphatic carbocycles. The van der Waals surface area contributed by atoms with Gasteiger partial charge in [0.1, 0.15) is 0 Å². The SMILES string of the molecule is c1ccc(CCc2csc(C3CCCNC3)n2)cc1. The van der Waals surface area contributed by atoms with Gasteiger partial charge in [-0.3, -0.25) is 0 Å². The first-order valence-electron chi connectivity index (χ1n) is 7.11. The maximum atomic E-state index is 4.83. The van der Waals surface area contributed by atoms with Crippen LogP contribution in [-0.2, 0) is 12.8 Å². The molecule has 2 nitrogen and oxygen atoms in total. The van der Waals surface area contributed by atoms with Crippen molar-refractivity contribution in [3.05, 3.63) is 52.0 Å². The van der Waals surface area contributed by atoms with Gasteiger partial charge >= 0.3 is 0 Å². The van der Waals surface area contributed by atoms with Crippen LogP contribution < -0.4 is 5.32 Å². The summed E-state index contributed by atoms with van der Waals surface area (Å²) in [6, 6.07) is 10.7.